The number of aryl methyl sites for hydroxylation is 1. The molecule has 0 amide bonds. The molecule has 3 aromatic rings. The number of fused-ring (bicyclic) bond motifs is 1. The average Bonchev–Trinajstić information content (AvgIpc) is 3.15. The molecule has 1 aliphatic carbocycles. The van der Waals surface area contributed by atoms with Crippen molar-refractivity contribution in [2.75, 3.05) is 0 Å². The first-order valence-corrected chi connectivity index (χ1v) is 7.52. The molecule has 0 aliphatic heterocycles. The highest BCUT2D eigenvalue weighted by molar-refractivity contribution is 5.84. The summed E-state index contributed by atoms with van der Waals surface area (Å²) >= 11 is 0. The van der Waals surface area contributed by atoms with Crippen LogP contribution in [0.5, 0.6) is 0 Å². The first kappa shape index (κ1) is 12.7. The van der Waals surface area contributed by atoms with Gasteiger partial charge >= 0.3 is 0 Å². The molecule has 1 fully saturated rings. The molecule has 1 aliphatic rings. The van der Waals surface area contributed by atoms with Gasteiger partial charge in [0.15, 0.2) is 5.76 Å². The maximum Gasteiger partial charge on any atom is 0.156 e. The fraction of sp³-hybridized carbons (Fsp3) is 0.353. The first-order valence-electron chi connectivity index (χ1n) is 7.52. The molecular formula is C17H19N3O. The summed E-state index contributed by atoms with van der Waals surface area (Å²) < 4.78 is 7.60. The van der Waals surface area contributed by atoms with E-state index in [9.17, 15) is 0 Å². The minimum absolute atomic E-state index is 0.726. The van der Waals surface area contributed by atoms with Crippen molar-refractivity contribution in [2.24, 2.45) is 0 Å². The number of aromatic nitrogens is 2. The molecule has 0 unspecified atom stereocenters. The summed E-state index contributed by atoms with van der Waals surface area (Å²) in [5.74, 6) is 0.898. The third-order valence-corrected chi connectivity index (χ3v) is 4.03. The normalized spacial score (nSPS) is 14.9. The molecule has 0 spiro atoms. The Hall–Kier alpha value is -2.07. The van der Waals surface area contributed by atoms with Crippen molar-refractivity contribution in [1.82, 2.24) is 15.0 Å². The Bertz CT molecular complexity index is 767. The number of rotatable bonds is 5. The van der Waals surface area contributed by atoms with Gasteiger partial charge in [0, 0.05) is 35.8 Å². The quantitative estimate of drug-likeness (QED) is 0.780. The SMILES string of the molecule is Cc1cc(Cn2cc(CNC3CC3)c3ccccc32)on1. The van der Waals surface area contributed by atoms with Crippen LogP contribution in [0.4, 0.5) is 0 Å². The lowest BCUT2D eigenvalue weighted by atomic mass is 10.2. The van der Waals surface area contributed by atoms with Crippen LogP contribution in [0.15, 0.2) is 41.1 Å². The van der Waals surface area contributed by atoms with E-state index in [1.807, 2.05) is 13.0 Å². The summed E-state index contributed by atoms with van der Waals surface area (Å²) in [6, 6.07) is 11.3. The van der Waals surface area contributed by atoms with Crippen molar-refractivity contribution in [3.8, 4) is 0 Å². The van der Waals surface area contributed by atoms with Gasteiger partial charge in [-0.15, -0.1) is 0 Å². The van der Waals surface area contributed by atoms with E-state index >= 15 is 0 Å². The molecule has 2 heterocycles. The Morgan fingerprint density at radius 1 is 1.33 bits per heavy atom. The van der Waals surface area contributed by atoms with Crippen LogP contribution in [0.3, 0.4) is 0 Å². The summed E-state index contributed by atoms with van der Waals surface area (Å²) in [5, 5.41) is 8.89. The zero-order chi connectivity index (χ0) is 14.2. The summed E-state index contributed by atoms with van der Waals surface area (Å²) in [4.78, 5) is 0. The van der Waals surface area contributed by atoms with Gasteiger partial charge in [0.25, 0.3) is 0 Å². The van der Waals surface area contributed by atoms with Crippen molar-refractivity contribution in [3.05, 3.63) is 53.5 Å². The second-order valence-electron chi connectivity index (χ2n) is 5.89. The van der Waals surface area contributed by atoms with E-state index in [2.05, 4.69) is 45.5 Å². The number of nitrogens with zero attached hydrogens (tertiary/aromatic N) is 2. The lowest BCUT2D eigenvalue weighted by Crippen LogP contribution is -2.14. The van der Waals surface area contributed by atoms with Crippen molar-refractivity contribution >= 4 is 10.9 Å². The summed E-state index contributed by atoms with van der Waals surface area (Å²) in [6.07, 6.45) is 4.86. The molecule has 0 radical (unpaired) electrons. The number of benzene rings is 1. The molecule has 0 atom stereocenters. The standard InChI is InChI=1S/C17H19N3O/c1-12-8-15(21-19-12)11-20-10-13(9-18-14-6-7-14)16-4-2-3-5-17(16)20/h2-5,8,10,14,18H,6-7,9,11H2,1H3. The highest BCUT2D eigenvalue weighted by Crippen LogP contribution is 2.24. The predicted octanol–water partition coefficient (Wildman–Crippen LogP) is 3.24. The zero-order valence-electron chi connectivity index (χ0n) is 12.2. The van der Waals surface area contributed by atoms with Crippen LogP contribution in [0.25, 0.3) is 10.9 Å². The Morgan fingerprint density at radius 3 is 2.95 bits per heavy atom. The van der Waals surface area contributed by atoms with Crippen LogP contribution < -0.4 is 5.32 Å². The van der Waals surface area contributed by atoms with Gasteiger partial charge in [-0.25, -0.2) is 0 Å². The largest absolute Gasteiger partial charge is 0.359 e. The van der Waals surface area contributed by atoms with Crippen molar-refractivity contribution in [3.63, 3.8) is 0 Å². The van der Waals surface area contributed by atoms with Crippen molar-refractivity contribution in [1.29, 1.82) is 0 Å². The molecule has 1 saturated carbocycles. The fourth-order valence-corrected chi connectivity index (χ4v) is 2.79. The van der Waals surface area contributed by atoms with E-state index in [0.29, 0.717) is 0 Å². The van der Waals surface area contributed by atoms with Gasteiger partial charge in [0.1, 0.15) is 0 Å². The molecule has 0 bridgehead atoms. The van der Waals surface area contributed by atoms with Crippen LogP contribution in [-0.4, -0.2) is 15.8 Å². The van der Waals surface area contributed by atoms with Crippen LogP contribution in [0.1, 0.15) is 29.9 Å². The van der Waals surface area contributed by atoms with Crippen molar-refractivity contribution < 1.29 is 4.52 Å². The van der Waals surface area contributed by atoms with Gasteiger partial charge in [0.2, 0.25) is 0 Å². The topological polar surface area (TPSA) is 43.0 Å². The fourth-order valence-electron chi connectivity index (χ4n) is 2.79. The van der Waals surface area contributed by atoms with Crippen LogP contribution in [0, 0.1) is 6.92 Å². The number of nitrogens with one attached hydrogen (secondary N) is 1. The van der Waals surface area contributed by atoms with Gasteiger partial charge in [-0.3, -0.25) is 0 Å². The Balaban J connectivity index is 1.66. The van der Waals surface area contributed by atoms with E-state index in [4.69, 9.17) is 4.52 Å². The minimum atomic E-state index is 0.726. The maximum absolute atomic E-state index is 5.35. The minimum Gasteiger partial charge on any atom is -0.359 e. The molecule has 2 aromatic heterocycles. The van der Waals surface area contributed by atoms with Crippen LogP contribution in [-0.2, 0) is 13.1 Å². The van der Waals surface area contributed by atoms with E-state index in [1.54, 1.807) is 0 Å². The monoisotopic (exact) mass is 281 g/mol. The average molecular weight is 281 g/mol. The Labute approximate surface area is 123 Å². The second-order valence-corrected chi connectivity index (χ2v) is 5.89. The lowest BCUT2D eigenvalue weighted by Gasteiger charge is -2.01. The lowest BCUT2D eigenvalue weighted by molar-refractivity contribution is 0.374. The third-order valence-electron chi connectivity index (χ3n) is 4.03. The van der Waals surface area contributed by atoms with E-state index in [0.717, 1.165) is 30.6 Å². The van der Waals surface area contributed by atoms with Crippen LogP contribution >= 0.6 is 0 Å². The molecule has 1 aromatic carbocycles. The first-order chi connectivity index (χ1) is 10.3. The molecule has 4 rings (SSSR count). The van der Waals surface area contributed by atoms with E-state index < -0.39 is 0 Å². The molecule has 4 nitrogen and oxygen atoms in total. The number of para-hydroxylation sites is 1. The van der Waals surface area contributed by atoms with Gasteiger partial charge in [-0.2, -0.15) is 0 Å². The summed E-state index contributed by atoms with van der Waals surface area (Å²) in [6.45, 7) is 3.62. The third kappa shape index (κ3) is 2.59. The van der Waals surface area contributed by atoms with Gasteiger partial charge in [-0.1, -0.05) is 23.4 Å². The van der Waals surface area contributed by atoms with E-state index in [-0.39, 0.29) is 0 Å². The van der Waals surface area contributed by atoms with Crippen LogP contribution in [0.2, 0.25) is 0 Å². The Kier molecular flexibility index (Phi) is 3.04. The highest BCUT2D eigenvalue weighted by atomic mass is 16.5. The maximum atomic E-state index is 5.35. The van der Waals surface area contributed by atoms with E-state index in [1.165, 1.54) is 29.3 Å². The smallest absolute Gasteiger partial charge is 0.156 e. The summed E-state index contributed by atoms with van der Waals surface area (Å²) in [5.41, 5.74) is 3.53. The zero-order valence-corrected chi connectivity index (χ0v) is 12.2. The van der Waals surface area contributed by atoms with Gasteiger partial charge < -0.3 is 14.4 Å². The summed E-state index contributed by atoms with van der Waals surface area (Å²) in [7, 11) is 0. The van der Waals surface area contributed by atoms with Gasteiger partial charge in [0.05, 0.1) is 12.2 Å². The molecule has 4 heteroatoms. The molecule has 0 saturated heterocycles. The van der Waals surface area contributed by atoms with Gasteiger partial charge in [-0.05, 0) is 31.4 Å². The molecule has 21 heavy (non-hydrogen) atoms. The number of hydrogen-bond donors (Lipinski definition) is 1. The Morgan fingerprint density at radius 2 is 2.19 bits per heavy atom. The molecule has 108 valence electrons. The molecular weight excluding hydrogens is 262 g/mol. The second kappa shape index (κ2) is 5.04. The predicted molar refractivity (Wildman–Crippen MR) is 82.1 cm³/mol. The highest BCUT2D eigenvalue weighted by Gasteiger charge is 2.21. The molecule has 1 N–H and O–H groups in total. The number of hydrogen-bond acceptors (Lipinski definition) is 3. The van der Waals surface area contributed by atoms with Crippen molar-refractivity contribution in [2.45, 2.75) is 38.9 Å².